The summed E-state index contributed by atoms with van der Waals surface area (Å²) in [5, 5.41) is 5.13. The fourth-order valence-corrected chi connectivity index (χ4v) is 1.28. The Labute approximate surface area is 95.1 Å². The Hall–Kier alpha value is -1.57. The molecule has 0 aromatic carbocycles. The highest BCUT2D eigenvalue weighted by Gasteiger charge is 2.36. The van der Waals surface area contributed by atoms with Gasteiger partial charge in [-0.15, -0.1) is 0 Å². The molecule has 5 nitrogen and oxygen atoms in total. The Balaban J connectivity index is 2.76. The summed E-state index contributed by atoms with van der Waals surface area (Å²) in [6.07, 6.45) is -3.81. The number of nitrogens with one attached hydrogen (secondary N) is 1. The van der Waals surface area contributed by atoms with Gasteiger partial charge in [-0.2, -0.15) is 18.3 Å². The summed E-state index contributed by atoms with van der Waals surface area (Å²) < 4.78 is 42.0. The van der Waals surface area contributed by atoms with Crippen LogP contribution in [0.2, 0.25) is 0 Å². The van der Waals surface area contributed by atoms with E-state index in [2.05, 4.69) is 9.84 Å². The first kappa shape index (κ1) is 13.5. The van der Waals surface area contributed by atoms with Gasteiger partial charge in [0.2, 0.25) is 0 Å². The minimum Gasteiger partial charge on any atom is -0.465 e. The van der Waals surface area contributed by atoms with Crippen LogP contribution in [0.3, 0.4) is 0 Å². The summed E-state index contributed by atoms with van der Waals surface area (Å²) >= 11 is 0. The standard InChI is InChI=1S/C9H12F3N3O2/c1-2-17-8(16)6(13)3-5-4-14-15-7(5)9(10,11)12/h4,6H,2-3,13H2,1H3,(H,14,15)/t6-/m0/s1. The number of rotatable bonds is 4. The zero-order valence-corrected chi connectivity index (χ0v) is 9.04. The lowest BCUT2D eigenvalue weighted by Crippen LogP contribution is -2.34. The highest BCUT2D eigenvalue weighted by molar-refractivity contribution is 5.75. The van der Waals surface area contributed by atoms with Gasteiger partial charge in [-0.1, -0.05) is 0 Å². The van der Waals surface area contributed by atoms with Crippen molar-refractivity contribution in [3.05, 3.63) is 17.5 Å². The van der Waals surface area contributed by atoms with E-state index < -0.39 is 23.9 Å². The number of nitrogens with zero attached hydrogens (tertiary/aromatic N) is 1. The molecule has 0 saturated heterocycles. The van der Waals surface area contributed by atoms with E-state index in [1.54, 1.807) is 6.92 Å². The summed E-state index contributed by atoms with van der Waals surface area (Å²) in [7, 11) is 0. The van der Waals surface area contributed by atoms with Crippen molar-refractivity contribution < 1.29 is 22.7 Å². The van der Waals surface area contributed by atoms with E-state index in [0.717, 1.165) is 6.20 Å². The van der Waals surface area contributed by atoms with Gasteiger partial charge in [0, 0.05) is 12.0 Å². The molecule has 0 saturated carbocycles. The molecule has 0 amide bonds. The lowest BCUT2D eigenvalue weighted by atomic mass is 10.1. The minimum atomic E-state index is -4.54. The quantitative estimate of drug-likeness (QED) is 0.778. The van der Waals surface area contributed by atoms with Crippen LogP contribution < -0.4 is 5.73 Å². The van der Waals surface area contributed by atoms with Crippen molar-refractivity contribution in [3.8, 4) is 0 Å². The first-order valence-electron chi connectivity index (χ1n) is 4.88. The Morgan fingerprint density at radius 1 is 1.65 bits per heavy atom. The smallest absolute Gasteiger partial charge is 0.433 e. The minimum absolute atomic E-state index is 0.129. The molecule has 0 aliphatic rings. The number of alkyl halides is 3. The van der Waals surface area contributed by atoms with Crippen molar-refractivity contribution in [2.24, 2.45) is 5.73 Å². The number of hydrogen-bond acceptors (Lipinski definition) is 4. The number of esters is 1. The number of aromatic nitrogens is 2. The molecule has 1 atom stereocenters. The van der Waals surface area contributed by atoms with Crippen LogP contribution in [0.4, 0.5) is 13.2 Å². The lowest BCUT2D eigenvalue weighted by molar-refractivity contribution is -0.146. The summed E-state index contributed by atoms with van der Waals surface area (Å²) in [6, 6.07) is -1.13. The second-order valence-electron chi connectivity index (χ2n) is 3.33. The third-order valence-corrected chi connectivity index (χ3v) is 2.03. The topological polar surface area (TPSA) is 81.0 Å². The maximum atomic E-state index is 12.5. The van der Waals surface area contributed by atoms with Crippen molar-refractivity contribution in [3.63, 3.8) is 0 Å². The number of halogens is 3. The monoisotopic (exact) mass is 251 g/mol. The molecule has 1 aromatic heterocycles. The molecular formula is C9H12F3N3O2. The molecule has 0 radical (unpaired) electrons. The van der Waals surface area contributed by atoms with Crippen molar-refractivity contribution in [1.29, 1.82) is 0 Å². The molecular weight excluding hydrogens is 239 g/mol. The molecule has 8 heteroatoms. The summed E-state index contributed by atoms with van der Waals surface area (Å²) in [4.78, 5) is 11.2. The molecule has 0 aliphatic carbocycles. The molecule has 1 heterocycles. The van der Waals surface area contributed by atoms with Crippen molar-refractivity contribution in [2.75, 3.05) is 6.61 Å². The predicted octanol–water partition coefficient (Wildman–Crippen LogP) is 0.861. The average Bonchev–Trinajstić information content (AvgIpc) is 2.65. The fourth-order valence-electron chi connectivity index (χ4n) is 1.28. The van der Waals surface area contributed by atoms with Crippen LogP contribution in [0.5, 0.6) is 0 Å². The van der Waals surface area contributed by atoms with Gasteiger partial charge in [0.05, 0.1) is 12.8 Å². The largest absolute Gasteiger partial charge is 0.465 e. The van der Waals surface area contributed by atoms with Crippen LogP contribution in [0.1, 0.15) is 18.2 Å². The molecule has 0 spiro atoms. The Morgan fingerprint density at radius 3 is 2.82 bits per heavy atom. The van der Waals surface area contributed by atoms with Crippen LogP contribution in [-0.2, 0) is 22.1 Å². The third-order valence-electron chi connectivity index (χ3n) is 2.03. The zero-order valence-electron chi connectivity index (χ0n) is 9.04. The first-order valence-corrected chi connectivity index (χ1v) is 4.88. The molecule has 3 N–H and O–H groups in total. The highest BCUT2D eigenvalue weighted by Crippen LogP contribution is 2.30. The number of hydrogen-bond donors (Lipinski definition) is 2. The van der Waals surface area contributed by atoms with Crippen LogP contribution in [0, 0.1) is 0 Å². The second-order valence-corrected chi connectivity index (χ2v) is 3.33. The first-order chi connectivity index (χ1) is 7.86. The van der Waals surface area contributed by atoms with E-state index >= 15 is 0 Å². The van der Waals surface area contributed by atoms with E-state index in [-0.39, 0.29) is 18.6 Å². The SMILES string of the molecule is CCOC(=O)[C@@H](N)Cc1cn[nH]c1C(F)(F)F. The van der Waals surface area contributed by atoms with Gasteiger partial charge < -0.3 is 10.5 Å². The maximum Gasteiger partial charge on any atom is 0.433 e. The molecule has 96 valence electrons. The molecule has 1 aromatic rings. The molecule has 0 unspecified atom stereocenters. The van der Waals surface area contributed by atoms with E-state index in [1.165, 1.54) is 0 Å². The van der Waals surface area contributed by atoms with Crippen LogP contribution >= 0.6 is 0 Å². The molecule has 0 bridgehead atoms. The van der Waals surface area contributed by atoms with Crippen LogP contribution in [0.15, 0.2) is 6.20 Å². The Bertz CT molecular complexity index is 389. The van der Waals surface area contributed by atoms with Crippen molar-refractivity contribution >= 4 is 5.97 Å². The highest BCUT2D eigenvalue weighted by atomic mass is 19.4. The molecule has 17 heavy (non-hydrogen) atoms. The molecule has 1 rings (SSSR count). The Morgan fingerprint density at radius 2 is 2.29 bits per heavy atom. The van der Waals surface area contributed by atoms with E-state index in [4.69, 9.17) is 5.73 Å². The zero-order chi connectivity index (χ0) is 13.1. The van der Waals surface area contributed by atoms with Crippen molar-refractivity contribution in [2.45, 2.75) is 25.6 Å². The van der Waals surface area contributed by atoms with Gasteiger partial charge in [0.25, 0.3) is 0 Å². The van der Waals surface area contributed by atoms with Crippen LogP contribution in [0.25, 0.3) is 0 Å². The normalized spacial score (nSPS) is 13.5. The number of aromatic amines is 1. The summed E-state index contributed by atoms with van der Waals surface area (Å²) in [6.45, 7) is 1.72. The number of ether oxygens (including phenoxy) is 1. The number of H-pyrrole nitrogens is 1. The van der Waals surface area contributed by atoms with Gasteiger partial charge in [-0.25, -0.2) is 0 Å². The van der Waals surface area contributed by atoms with Gasteiger partial charge in [-0.3, -0.25) is 9.89 Å². The number of nitrogens with two attached hydrogens (primary N) is 1. The summed E-state index contributed by atoms with van der Waals surface area (Å²) in [5.41, 5.74) is 4.28. The third kappa shape index (κ3) is 3.45. The van der Waals surface area contributed by atoms with Crippen molar-refractivity contribution in [1.82, 2.24) is 10.2 Å². The van der Waals surface area contributed by atoms with E-state index in [1.807, 2.05) is 5.10 Å². The van der Waals surface area contributed by atoms with Gasteiger partial charge in [-0.05, 0) is 6.92 Å². The fraction of sp³-hybridized carbons (Fsp3) is 0.556. The van der Waals surface area contributed by atoms with Crippen LogP contribution in [-0.4, -0.2) is 28.8 Å². The van der Waals surface area contributed by atoms with Gasteiger partial charge in [0.1, 0.15) is 11.7 Å². The maximum absolute atomic E-state index is 12.5. The second kappa shape index (κ2) is 5.17. The Kier molecular flexibility index (Phi) is 4.11. The number of carbonyl (C=O) groups excluding carboxylic acids is 1. The molecule has 0 fully saturated rings. The van der Waals surface area contributed by atoms with Gasteiger partial charge in [0.15, 0.2) is 0 Å². The summed E-state index contributed by atoms with van der Waals surface area (Å²) in [5.74, 6) is -0.734. The van der Waals surface area contributed by atoms with E-state index in [9.17, 15) is 18.0 Å². The van der Waals surface area contributed by atoms with E-state index in [0.29, 0.717) is 0 Å². The molecule has 0 aliphatic heterocycles. The number of carbonyl (C=O) groups is 1. The lowest BCUT2D eigenvalue weighted by Gasteiger charge is -2.11. The van der Waals surface area contributed by atoms with Gasteiger partial charge >= 0.3 is 12.1 Å². The average molecular weight is 251 g/mol. The predicted molar refractivity (Wildman–Crippen MR) is 51.9 cm³/mol.